The summed E-state index contributed by atoms with van der Waals surface area (Å²) in [6.07, 6.45) is 4.64. The van der Waals surface area contributed by atoms with E-state index in [2.05, 4.69) is 30.5 Å². The van der Waals surface area contributed by atoms with E-state index in [1.165, 1.54) is 6.33 Å². The molecule has 12 heteroatoms. The molecule has 0 saturated carbocycles. The van der Waals surface area contributed by atoms with E-state index in [0.717, 1.165) is 18.4 Å². The molecule has 206 valence electrons. The minimum atomic E-state index is -0.466. The Hall–Kier alpha value is -5.03. The molecule has 2 amide bonds. The second-order valence-electron chi connectivity index (χ2n) is 9.65. The second-order valence-corrected chi connectivity index (χ2v) is 10.1. The fourth-order valence-electron chi connectivity index (χ4n) is 5.15. The van der Waals surface area contributed by atoms with Crippen LogP contribution in [0.1, 0.15) is 30.3 Å². The van der Waals surface area contributed by atoms with E-state index in [9.17, 15) is 9.59 Å². The van der Waals surface area contributed by atoms with E-state index in [1.54, 1.807) is 71.4 Å². The molecule has 5 aromatic rings. The van der Waals surface area contributed by atoms with Gasteiger partial charge in [0.05, 0.1) is 27.7 Å². The maximum Gasteiger partial charge on any atom is 0.324 e. The van der Waals surface area contributed by atoms with Gasteiger partial charge in [-0.25, -0.2) is 24.7 Å². The minimum Gasteiger partial charge on any atom is -0.383 e. The Balaban J connectivity index is 1.46. The number of halogens is 1. The highest BCUT2D eigenvalue weighted by Crippen LogP contribution is 2.37. The van der Waals surface area contributed by atoms with Crippen LogP contribution in [0.25, 0.3) is 16.6 Å². The number of carbonyl (C=O) groups is 1. The molecule has 1 atom stereocenters. The van der Waals surface area contributed by atoms with Gasteiger partial charge in [0.15, 0.2) is 0 Å². The van der Waals surface area contributed by atoms with E-state index >= 15 is 0 Å². The van der Waals surface area contributed by atoms with Crippen molar-refractivity contribution in [1.82, 2.24) is 24.5 Å². The van der Waals surface area contributed by atoms with Crippen molar-refractivity contribution < 1.29 is 4.79 Å². The maximum absolute atomic E-state index is 14.1. The number of hydrogen-bond acceptors (Lipinski definition) is 8. The van der Waals surface area contributed by atoms with Crippen LogP contribution in [-0.2, 0) is 0 Å². The number of pyridine rings is 1. The molecule has 0 spiro atoms. The predicted octanol–water partition coefficient (Wildman–Crippen LogP) is 5.10. The van der Waals surface area contributed by atoms with Gasteiger partial charge in [-0.1, -0.05) is 29.8 Å². The molecule has 3 aromatic heterocycles. The third kappa shape index (κ3) is 5.03. The Bertz CT molecular complexity index is 1830. The van der Waals surface area contributed by atoms with Crippen LogP contribution >= 0.6 is 11.6 Å². The van der Waals surface area contributed by atoms with Gasteiger partial charge in [0.25, 0.3) is 5.56 Å². The van der Waals surface area contributed by atoms with Gasteiger partial charge in [-0.15, -0.1) is 0 Å². The van der Waals surface area contributed by atoms with E-state index < -0.39 is 6.03 Å². The summed E-state index contributed by atoms with van der Waals surface area (Å²) in [5, 5.41) is 6.13. The van der Waals surface area contributed by atoms with E-state index in [1.807, 2.05) is 6.92 Å². The monoisotopic (exact) mass is 567 g/mol. The number of rotatable bonds is 5. The fraction of sp³-hybridized carbons (Fsp3) is 0.172. The van der Waals surface area contributed by atoms with Crippen LogP contribution < -0.4 is 26.8 Å². The van der Waals surface area contributed by atoms with Crippen LogP contribution in [0.2, 0.25) is 5.02 Å². The molecule has 0 aliphatic carbocycles. The smallest absolute Gasteiger partial charge is 0.324 e. The molecule has 4 N–H and O–H groups in total. The number of nitrogens with zero attached hydrogens (tertiary/aromatic N) is 6. The number of nitrogens with one attached hydrogen (secondary N) is 2. The zero-order valence-corrected chi connectivity index (χ0v) is 22.8. The Labute approximate surface area is 240 Å². The van der Waals surface area contributed by atoms with Crippen LogP contribution in [0.5, 0.6) is 0 Å². The van der Waals surface area contributed by atoms with Crippen LogP contribution in [0.3, 0.4) is 0 Å². The number of hydrogen-bond donors (Lipinski definition) is 3. The maximum atomic E-state index is 14.1. The van der Waals surface area contributed by atoms with Gasteiger partial charge in [0.1, 0.15) is 29.6 Å². The van der Waals surface area contributed by atoms with Gasteiger partial charge in [-0.2, -0.15) is 0 Å². The van der Waals surface area contributed by atoms with Gasteiger partial charge in [-0.3, -0.25) is 14.7 Å². The lowest BCUT2D eigenvalue weighted by Gasteiger charge is -2.29. The molecule has 41 heavy (non-hydrogen) atoms. The summed E-state index contributed by atoms with van der Waals surface area (Å²) in [5.41, 5.74) is 8.08. The number of fused-ring (bicyclic) bond motifs is 1. The Kier molecular flexibility index (Phi) is 6.94. The molecular weight excluding hydrogens is 542 g/mol. The SMILES string of the molecule is Cc1c(N)ncnc1N1CCC[C@H]1c1nc2cccc(Cl)c2c(=O)n1-c1cccc(NC(=O)Nc2ccccn2)c1. The first-order chi connectivity index (χ1) is 19.9. The summed E-state index contributed by atoms with van der Waals surface area (Å²) in [4.78, 5) is 46.6. The van der Waals surface area contributed by atoms with Crippen molar-refractivity contribution in [2.45, 2.75) is 25.8 Å². The molecule has 6 rings (SSSR count). The van der Waals surface area contributed by atoms with Gasteiger partial charge in [0, 0.05) is 24.0 Å². The quantitative estimate of drug-likeness (QED) is 0.266. The first kappa shape index (κ1) is 26.2. The molecule has 2 aromatic carbocycles. The summed E-state index contributed by atoms with van der Waals surface area (Å²) in [5.74, 6) is 2.05. The molecule has 1 fully saturated rings. The molecule has 0 radical (unpaired) electrons. The van der Waals surface area contributed by atoms with Gasteiger partial charge < -0.3 is 16.0 Å². The molecule has 1 aliphatic heterocycles. The van der Waals surface area contributed by atoms with Gasteiger partial charge in [-0.05, 0) is 62.2 Å². The molecule has 0 bridgehead atoms. The van der Waals surface area contributed by atoms with Crippen molar-refractivity contribution >= 4 is 51.7 Å². The van der Waals surface area contributed by atoms with Crippen molar-refractivity contribution in [1.29, 1.82) is 0 Å². The number of carbonyl (C=O) groups excluding carboxylic acids is 1. The summed E-state index contributed by atoms with van der Waals surface area (Å²) in [6, 6.07) is 16.7. The number of nitrogens with two attached hydrogens (primary N) is 1. The highest BCUT2D eigenvalue weighted by atomic mass is 35.5. The van der Waals surface area contributed by atoms with Crippen LogP contribution in [0.15, 0.2) is 78.0 Å². The standard InChI is InChI=1S/C29H26ClN9O2/c1-17-25(31)33-16-34-26(17)38-14-6-11-22(38)27-36-21-10-5-9-20(30)24(21)28(40)39(27)19-8-4-7-18(15-19)35-29(41)37-23-12-2-3-13-32-23/h2-5,7-10,12-13,15-16,22H,6,11,14H2,1H3,(H2,31,33,34)(H2,32,35,37,41)/t22-/m0/s1. The Morgan fingerprint density at radius 3 is 2.73 bits per heavy atom. The largest absolute Gasteiger partial charge is 0.383 e. The fourth-order valence-corrected chi connectivity index (χ4v) is 5.40. The lowest BCUT2D eigenvalue weighted by molar-refractivity contribution is 0.262. The van der Waals surface area contributed by atoms with Crippen molar-refractivity contribution in [3.05, 3.63) is 100.0 Å². The highest BCUT2D eigenvalue weighted by Gasteiger charge is 2.33. The number of anilines is 4. The zero-order chi connectivity index (χ0) is 28.5. The van der Waals surface area contributed by atoms with Crippen molar-refractivity contribution in [3.63, 3.8) is 0 Å². The lowest BCUT2D eigenvalue weighted by atomic mass is 10.1. The number of benzene rings is 2. The Morgan fingerprint density at radius 1 is 1.05 bits per heavy atom. The second kappa shape index (κ2) is 10.9. The van der Waals surface area contributed by atoms with E-state index in [-0.39, 0.29) is 11.6 Å². The van der Waals surface area contributed by atoms with Gasteiger partial charge in [0.2, 0.25) is 0 Å². The number of aromatic nitrogens is 5. The van der Waals surface area contributed by atoms with Crippen molar-refractivity contribution in [2.24, 2.45) is 0 Å². The number of nitrogen functional groups attached to an aromatic ring is 1. The Morgan fingerprint density at radius 2 is 1.90 bits per heavy atom. The molecule has 4 heterocycles. The normalized spacial score (nSPS) is 14.8. The van der Waals surface area contributed by atoms with E-state index in [4.69, 9.17) is 22.3 Å². The molecule has 11 nitrogen and oxygen atoms in total. The molecular formula is C29H26ClN9O2. The van der Waals surface area contributed by atoms with Crippen molar-refractivity contribution in [3.8, 4) is 5.69 Å². The van der Waals surface area contributed by atoms with Gasteiger partial charge >= 0.3 is 6.03 Å². The lowest BCUT2D eigenvalue weighted by Crippen LogP contribution is -2.32. The molecule has 0 unspecified atom stereocenters. The summed E-state index contributed by atoms with van der Waals surface area (Å²) < 4.78 is 1.57. The third-order valence-electron chi connectivity index (χ3n) is 7.06. The first-order valence-corrected chi connectivity index (χ1v) is 13.4. The third-order valence-corrected chi connectivity index (χ3v) is 7.38. The minimum absolute atomic E-state index is 0.275. The van der Waals surface area contributed by atoms with Crippen LogP contribution in [-0.4, -0.2) is 37.1 Å². The summed E-state index contributed by atoms with van der Waals surface area (Å²) in [7, 11) is 0. The average Bonchev–Trinajstić information content (AvgIpc) is 3.44. The molecule has 1 saturated heterocycles. The topological polar surface area (TPSA) is 144 Å². The van der Waals surface area contributed by atoms with Crippen molar-refractivity contribution in [2.75, 3.05) is 27.8 Å². The number of urea groups is 1. The van der Waals surface area contributed by atoms with Crippen LogP contribution in [0, 0.1) is 6.92 Å². The predicted molar refractivity (Wildman–Crippen MR) is 160 cm³/mol. The zero-order valence-electron chi connectivity index (χ0n) is 22.1. The summed E-state index contributed by atoms with van der Waals surface area (Å²) in [6.45, 7) is 2.59. The molecule has 1 aliphatic rings. The number of amides is 2. The highest BCUT2D eigenvalue weighted by molar-refractivity contribution is 6.35. The first-order valence-electron chi connectivity index (χ1n) is 13.0. The average molecular weight is 568 g/mol. The van der Waals surface area contributed by atoms with E-state index in [0.29, 0.717) is 57.1 Å². The summed E-state index contributed by atoms with van der Waals surface area (Å²) >= 11 is 6.51. The van der Waals surface area contributed by atoms with Crippen LogP contribution in [0.4, 0.5) is 27.9 Å².